The van der Waals surface area contributed by atoms with Crippen LogP contribution in [0, 0.1) is 5.41 Å². The normalized spacial score (nSPS) is 23.2. The molecule has 22 heavy (non-hydrogen) atoms. The molecule has 0 radical (unpaired) electrons. The highest BCUT2D eigenvalue weighted by Crippen LogP contribution is 2.45. The summed E-state index contributed by atoms with van der Waals surface area (Å²) in [4.78, 5) is 4.47. The molecule has 1 unspecified atom stereocenters. The van der Waals surface area contributed by atoms with E-state index < -0.39 is 6.10 Å². The summed E-state index contributed by atoms with van der Waals surface area (Å²) in [6.07, 6.45) is 12.1. The minimum absolute atomic E-state index is 0.0437. The Labute approximate surface area is 135 Å². The summed E-state index contributed by atoms with van der Waals surface area (Å²) in [7, 11) is 0. The van der Waals surface area contributed by atoms with Crippen LogP contribution in [0.5, 0.6) is 0 Å². The van der Waals surface area contributed by atoms with E-state index in [2.05, 4.69) is 4.90 Å². The largest absolute Gasteiger partial charge is 0.389 e. The van der Waals surface area contributed by atoms with Crippen LogP contribution < -0.4 is 0 Å². The summed E-state index contributed by atoms with van der Waals surface area (Å²) in [5.41, 5.74) is 1.61. The minimum Gasteiger partial charge on any atom is -0.389 e. The second-order valence-electron chi connectivity index (χ2n) is 7.15. The lowest BCUT2D eigenvalue weighted by Gasteiger charge is -2.48. The van der Waals surface area contributed by atoms with Gasteiger partial charge in [-0.25, -0.2) is 0 Å². The fourth-order valence-corrected chi connectivity index (χ4v) is 3.65. The van der Waals surface area contributed by atoms with Gasteiger partial charge < -0.3 is 20.0 Å². The lowest BCUT2D eigenvalue weighted by atomic mass is 9.78. The van der Waals surface area contributed by atoms with E-state index in [0.717, 1.165) is 25.1 Å². The quantitative estimate of drug-likeness (QED) is 0.534. The summed E-state index contributed by atoms with van der Waals surface area (Å²) >= 11 is 0. The van der Waals surface area contributed by atoms with Crippen molar-refractivity contribution >= 4 is 0 Å². The molecular formula is C18H32N2O2. The summed E-state index contributed by atoms with van der Waals surface area (Å²) in [6.45, 7) is 8.29. The smallest absolute Gasteiger partial charge is 0.115 e. The van der Waals surface area contributed by atoms with Crippen LogP contribution in [0.4, 0.5) is 0 Å². The van der Waals surface area contributed by atoms with Crippen molar-refractivity contribution in [1.82, 2.24) is 9.80 Å². The molecule has 4 heteroatoms. The van der Waals surface area contributed by atoms with Crippen LogP contribution in [-0.2, 0) is 0 Å². The number of aliphatic hydroxyl groups excluding tert-OH is 2. The van der Waals surface area contributed by atoms with Crippen LogP contribution in [0.1, 0.15) is 46.0 Å². The Bertz CT molecular complexity index is 390. The zero-order valence-electron chi connectivity index (χ0n) is 14.2. The molecule has 1 aliphatic carbocycles. The predicted molar refractivity (Wildman–Crippen MR) is 90.3 cm³/mol. The van der Waals surface area contributed by atoms with Gasteiger partial charge in [0.15, 0.2) is 0 Å². The monoisotopic (exact) mass is 308 g/mol. The van der Waals surface area contributed by atoms with Crippen molar-refractivity contribution in [2.75, 3.05) is 32.9 Å². The van der Waals surface area contributed by atoms with Crippen molar-refractivity contribution in [3.8, 4) is 0 Å². The molecule has 2 N–H and O–H groups in total. The zero-order valence-corrected chi connectivity index (χ0v) is 14.2. The van der Waals surface area contributed by atoms with Crippen molar-refractivity contribution in [2.45, 2.75) is 52.1 Å². The van der Waals surface area contributed by atoms with Gasteiger partial charge in [-0.1, -0.05) is 18.9 Å². The minimum atomic E-state index is -0.415. The van der Waals surface area contributed by atoms with Crippen molar-refractivity contribution in [3.63, 3.8) is 0 Å². The number of hydrogen-bond acceptors (Lipinski definition) is 4. The van der Waals surface area contributed by atoms with Gasteiger partial charge >= 0.3 is 0 Å². The number of aliphatic hydroxyl groups is 2. The van der Waals surface area contributed by atoms with Gasteiger partial charge in [0, 0.05) is 25.8 Å². The lowest BCUT2D eigenvalue weighted by Crippen LogP contribution is -2.55. The number of rotatable bonds is 8. The number of nitrogens with zero attached hydrogens (tertiary/aromatic N) is 2. The molecule has 2 aliphatic rings. The van der Waals surface area contributed by atoms with Crippen LogP contribution in [0.15, 0.2) is 23.9 Å². The molecule has 1 spiro atoms. The Hall–Kier alpha value is -0.840. The average Bonchev–Trinajstić information content (AvgIpc) is 2.94. The third-order valence-corrected chi connectivity index (χ3v) is 5.20. The number of likely N-dealkylation sites (tertiary alicyclic amines) is 1. The summed E-state index contributed by atoms with van der Waals surface area (Å²) in [5.74, 6) is 0. The Kier molecular flexibility index (Phi) is 6.48. The summed E-state index contributed by atoms with van der Waals surface area (Å²) in [6, 6.07) is 0. The third kappa shape index (κ3) is 4.83. The molecule has 1 atom stereocenters. The highest BCUT2D eigenvalue weighted by Gasteiger charge is 2.43. The van der Waals surface area contributed by atoms with Gasteiger partial charge in [0.2, 0.25) is 0 Å². The van der Waals surface area contributed by atoms with Crippen LogP contribution in [0.25, 0.3) is 0 Å². The van der Waals surface area contributed by atoms with Gasteiger partial charge in [-0.05, 0) is 56.7 Å². The van der Waals surface area contributed by atoms with E-state index in [1.165, 1.54) is 38.8 Å². The van der Waals surface area contributed by atoms with E-state index in [1.807, 2.05) is 30.2 Å². The summed E-state index contributed by atoms with van der Waals surface area (Å²) in [5, 5.41) is 18.8. The van der Waals surface area contributed by atoms with Crippen molar-refractivity contribution < 1.29 is 10.2 Å². The molecule has 126 valence electrons. The fourth-order valence-electron chi connectivity index (χ4n) is 3.65. The van der Waals surface area contributed by atoms with Crippen LogP contribution in [0.2, 0.25) is 0 Å². The molecular weight excluding hydrogens is 276 g/mol. The molecule has 1 heterocycles. The van der Waals surface area contributed by atoms with E-state index in [-0.39, 0.29) is 6.73 Å². The summed E-state index contributed by atoms with van der Waals surface area (Å²) < 4.78 is 0. The first kappa shape index (κ1) is 17.5. The molecule has 1 aliphatic heterocycles. The van der Waals surface area contributed by atoms with Crippen molar-refractivity contribution in [1.29, 1.82) is 0 Å². The highest BCUT2D eigenvalue weighted by molar-refractivity contribution is 5.12. The topological polar surface area (TPSA) is 46.9 Å². The highest BCUT2D eigenvalue weighted by atomic mass is 16.3. The first-order valence-corrected chi connectivity index (χ1v) is 8.65. The number of hydrogen-bond donors (Lipinski definition) is 2. The lowest BCUT2D eigenvalue weighted by molar-refractivity contribution is 0.00338. The van der Waals surface area contributed by atoms with Crippen LogP contribution in [0.3, 0.4) is 0 Å². The maximum absolute atomic E-state index is 9.40. The van der Waals surface area contributed by atoms with E-state index in [4.69, 9.17) is 0 Å². The molecule has 0 amide bonds. The standard InChI is InChI=1S/C18H32N2O2/c1-16(17(2)22)7-5-10-19(15-21)11-6-12-20-13-18(14-20)8-3-4-9-18/h5,7,10,17,21-22H,3-4,6,8-9,11-15H2,1-2H3/b10-5-,16-7+. The average molecular weight is 308 g/mol. The second-order valence-corrected chi connectivity index (χ2v) is 7.15. The molecule has 0 aromatic carbocycles. The maximum atomic E-state index is 9.40. The Morgan fingerprint density at radius 1 is 1.32 bits per heavy atom. The molecule has 0 aromatic heterocycles. The van der Waals surface area contributed by atoms with E-state index in [0.29, 0.717) is 5.41 Å². The van der Waals surface area contributed by atoms with Gasteiger partial charge in [0.25, 0.3) is 0 Å². The molecule has 1 saturated heterocycles. The molecule has 0 bridgehead atoms. The Morgan fingerprint density at radius 3 is 2.59 bits per heavy atom. The van der Waals surface area contributed by atoms with Crippen molar-refractivity contribution in [2.24, 2.45) is 5.41 Å². The van der Waals surface area contributed by atoms with Gasteiger partial charge in [-0.15, -0.1) is 0 Å². The number of allylic oxidation sites excluding steroid dienone is 2. The molecule has 1 saturated carbocycles. The molecule has 0 aromatic rings. The van der Waals surface area contributed by atoms with Gasteiger partial charge in [0.1, 0.15) is 6.73 Å². The molecule has 2 rings (SSSR count). The Morgan fingerprint density at radius 2 is 2.00 bits per heavy atom. The van der Waals surface area contributed by atoms with Gasteiger partial charge in [-0.2, -0.15) is 0 Å². The Balaban J connectivity index is 1.62. The third-order valence-electron chi connectivity index (χ3n) is 5.20. The maximum Gasteiger partial charge on any atom is 0.115 e. The van der Waals surface area contributed by atoms with Gasteiger partial charge in [-0.3, -0.25) is 0 Å². The van der Waals surface area contributed by atoms with Gasteiger partial charge in [0.05, 0.1) is 6.10 Å². The van der Waals surface area contributed by atoms with Crippen LogP contribution in [-0.4, -0.2) is 59.0 Å². The molecule has 2 fully saturated rings. The first-order valence-electron chi connectivity index (χ1n) is 8.65. The van der Waals surface area contributed by atoms with Crippen molar-refractivity contribution in [3.05, 3.63) is 23.9 Å². The predicted octanol–water partition coefficient (Wildman–Crippen LogP) is 2.35. The molecule has 4 nitrogen and oxygen atoms in total. The first-order chi connectivity index (χ1) is 10.5. The van der Waals surface area contributed by atoms with E-state index in [9.17, 15) is 10.2 Å². The second kappa shape index (κ2) is 8.14. The van der Waals surface area contributed by atoms with E-state index >= 15 is 0 Å². The fraction of sp³-hybridized carbons (Fsp3) is 0.778. The zero-order chi connectivity index (χ0) is 16.0. The van der Waals surface area contributed by atoms with E-state index in [1.54, 1.807) is 6.92 Å². The van der Waals surface area contributed by atoms with Crippen LogP contribution >= 0.6 is 0 Å². The SMILES string of the molecule is C/C(=C\C=C/N(CO)CCCN1CC2(CCCC2)C1)C(C)O.